The van der Waals surface area contributed by atoms with Crippen LogP contribution < -0.4 is 11.1 Å². The average molecular weight is 314 g/mol. The van der Waals surface area contributed by atoms with Crippen molar-refractivity contribution in [3.05, 3.63) is 18.1 Å². The maximum atomic E-state index is 6.04. The lowest BCUT2D eigenvalue weighted by Gasteiger charge is -2.39. The van der Waals surface area contributed by atoms with Crippen LogP contribution in [0.15, 0.2) is 12.5 Å². The number of anilines is 1. The second-order valence-corrected chi connectivity index (χ2v) is 6.93. The normalized spacial score (nSPS) is 26.7. The van der Waals surface area contributed by atoms with E-state index in [1.165, 1.54) is 44.3 Å². The molecule has 0 amide bonds. The van der Waals surface area contributed by atoms with Crippen molar-refractivity contribution in [1.82, 2.24) is 24.8 Å². The number of aromatic nitrogens is 3. The summed E-state index contributed by atoms with van der Waals surface area (Å²) in [6, 6.07) is 1.30. The molecule has 6 heteroatoms. The first-order chi connectivity index (χ1) is 11.2. The van der Waals surface area contributed by atoms with Gasteiger partial charge in [-0.15, -0.1) is 0 Å². The van der Waals surface area contributed by atoms with Crippen molar-refractivity contribution >= 4 is 16.9 Å². The molecule has 124 valence electrons. The Labute approximate surface area is 137 Å². The topological polar surface area (TPSA) is 72.0 Å². The highest BCUT2D eigenvalue weighted by Gasteiger charge is 2.28. The van der Waals surface area contributed by atoms with Crippen molar-refractivity contribution in [3.63, 3.8) is 0 Å². The highest BCUT2D eigenvalue weighted by molar-refractivity contribution is 5.89. The van der Waals surface area contributed by atoms with Crippen molar-refractivity contribution in [2.45, 2.75) is 44.7 Å². The minimum Gasteiger partial charge on any atom is -0.383 e. The van der Waals surface area contributed by atoms with Gasteiger partial charge in [0.05, 0.1) is 5.39 Å². The molecule has 6 nitrogen and oxygen atoms in total. The molecule has 1 saturated heterocycles. The van der Waals surface area contributed by atoms with Gasteiger partial charge in [0.15, 0.2) is 0 Å². The van der Waals surface area contributed by atoms with E-state index in [0.717, 1.165) is 30.2 Å². The van der Waals surface area contributed by atoms with E-state index in [1.807, 2.05) is 0 Å². The summed E-state index contributed by atoms with van der Waals surface area (Å²) in [5.41, 5.74) is 8.23. The molecule has 2 aliphatic rings. The zero-order chi connectivity index (χ0) is 15.8. The van der Waals surface area contributed by atoms with Crippen LogP contribution in [0.1, 0.15) is 37.3 Å². The fourth-order valence-corrected chi connectivity index (χ4v) is 4.33. The lowest BCUT2D eigenvalue weighted by Crippen LogP contribution is -2.49. The number of piperazine rings is 1. The summed E-state index contributed by atoms with van der Waals surface area (Å²) in [6.45, 7) is 6.77. The number of nitrogens with one attached hydrogen (secondary N) is 1. The van der Waals surface area contributed by atoms with Gasteiger partial charge in [0.2, 0.25) is 0 Å². The monoisotopic (exact) mass is 314 g/mol. The van der Waals surface area contributed by atoms with Gasteiger partial charge in [0, 0.05) is 44.5 Å². The molecule has 2 aromatic heterocycles. The van der Waals surface area contributed by atoms with Gasteiger partial charge in [0.1, 0.15) is 17.8 Å². The first-order valence-corrected chi connectivity index (χ1v) is 8.76. The molecule has 1 saturated carbocycles. The van der Waals surface area contributed by atoms with Crippen LogP contribution in [0.25, 0.3) is 11.0 Å². The number of fused-ring (bicyclic) bond motifs is 1. The molecule has 3 heterocycles. The number of aryl methyl sites for hydroxylation is 1. The van der Waals surface area contributed by atoms with Crippen molar-refractivity contribution in [1.29, 1.82) is 0 Å². The van der Waals surface area contributed by atoms with Crippen LogP contribution in [0.3, 0.4) is 0 Å². The van der Waals surface area contributed by atoms with E-state index < -0.39 is 0 Å². The molecule has 23 heavy (non-hydrogen) atoms. The van der Waals surface area contributed by atoms with E-state index in [0.29, 0.717) is 11.9 Å². The third-order valence-electron chi connectivity index (χ3n) is 5.56. The first kappa shape index (κ1) is 14.9. The summed E-state index contributed by atoms with van der Waals surface area (Å²) in [4.78, 5) is 11.3. The van der Waals surface area contributed by atoms with E-state index in [1.54, 1.807) is 6.33 Å². The van der Waals surface area contributed by atoms with E-state index in [4.69, 9.17) is 5.73 Å². The summed E-state index contributed by atoms with van der Waals surface area (Å²) in [6.07, 6.45) is 8.81. The average Bonchev–Trinajstić information content (AvgIpc) is 2.94. The third kappa shape index (κ3) is 2.70. The van der Waals surface area contributed by atoms with Crippen LogP contribution in [0, 0.1) is 6.92 Å². The summed E-state index contributed by atoms with van der Waals surface area (Å²) < 4.78 is 2.34. The number of nitrogen functional groups attached to an aromatic ring is 1. The van der Waals surface area contributed by atoms with E-state index in [9.17, 15) is 0 Å². The smallest absolute Gasteiger partial charge is 0.145 e. The van der Waals surface area contributed by atoms with Crippen molar-refractivity contribution in [3.8, 4) is 0 Å². The highest BCUT2D eigenvalue weighted by Crippen LogP contribution is 2.35. The van der Waals surface area contributed by atoms with Gasteiger partial charge in [-0.25, -0.2) is 9.97 Å². The molecule has 0 radical (unpaired) electrons. The SMILES string of the molecule is Cc1cn(C2CCC(N3CCNCC3)CC2)c2ncnc(N)c12. The van der Waals surface area contributed by atoms with Gasteiger partial charge in [-0.2, -0.15) is 0 Å². The number of rotatable bonds is 2. The number of nitrogens with two attached hydrogens (primary N) is 1. The Morgan fingerprint density at radius 3 is 2.52 bits per heavy atom. The largest absolute Gasteiger partial charge is 0.383 e. The Morgan fingerprint density at radius 1 is 1.09 bits per heavy atom. The molecule has 2 fully saturated rings. The molecular formula is C17H26N6. The minimum absolute atomic E-state index is 0.541. The van der Waals surface area contributed by atoms with Crippen LogP contribution in [0.4, 0.5) is 5.82 Å². The van der Waals surface area contributed by atoms with Crippen molar-refractivity contribution < 1.29 is 0 Å². The van der Waals surface area contributed by atoms with E-state index in [-0.39, 0.29) is 0 Å². The van der Waals surface area contributed by atoms with Crippen LogP contribution >= 0.6 is 0 Å². The maximum absolute atomic E-state index is 6.04. The fraction of sp³-hybridized carbons (Fsp3) is 0.647. The maximum Gasteiger partial charge on any atom is 0.145 e. The molecule has 1 aliphatic carbocycles. The molecule has 4 rings (SSSR count). The van der Waals surface area contributed by atoms with Crippen molar-refractivity contribution in [2.24, 2.45) is 0 Å². The summed E-state index contributed by atoms with van der Waals surface area (Å²) in [5.74, 6) is 0.598. The minimum atomic E-state index is 0.541. The van der Waals surface area contributed by atoms with Gasteiger partial charge in [-0.1, -0.05) is 0 Å². The van der Waals surface area contributed by atoms with Gasteiger partial charge in [-0.05, 0) is 38.2 Å². The second kappa shape index (κ2) is 6.09. The highest BCUT2D eigenvalue weighted by atomic mass is 15.2. The molecule has 0 spiro atoms. The number of hydrogen-bond acceptors (Lipinski definition) is 5. The predicted octanol–water partition coefficient (Wildman–Crippen LogP) is 1.71. The lowest BCUT2D eigenvalue weighted by molar-refractivity contribution is 0.124. The molecule has 1 aliphatic heterocycles. The Hall–Kier alpha value is -1.66. The molecule has 0 unspecified atom stereocenters. The predicted molar refractivity (Wildman–Crippen MR) is 92.4 cm³/mol. The second-order valence-electron chi connectivity index (χ2n) is 6.93. The van der Waals surface area contributed by atoms with Gasteiger partial charge in [0.25, 0.3) is 0 Å². The van der Waals surface area contributed by atoms with Crippen LogP contribution in [0.5, 0.6) is 0 Å². The summed E-state index contributed by atoms with van der Waals surface area (Å²) in [5, 5.41) is 4.47. The summed E-state index contributed by atoms with van der Waals surface area (Å²) in [7, 11) is 0. The number of nitrogens with zero attached hydrogens (tertiary/aromatic N) is 4. The zero-order valence-electron chi connectivity index (χ0n) is 13.8. The molecule has 0 bridgehead atoms. The quantitative estimate of drug-likeness (QED) is 0.883. The fourth-order valence-electron chi connectivity index (χ4n) is 4.33. The third-order valence-corrected chi connectivity index (χ3v) is 5.56. The van der Waals surface area contributed by atoms with Gasteiger partial charge < -0.3 is 15.6 Å². The molecule has 3 N–H and O–H groups in total. The summed E-state index contributed by atoms with van der Waals surface area (Å²) >= 11 is 0. The van der Waals surface area contributed by atoms with Crippen LogP contribution in [-0.2, 0) is 0 Å². The zero-order valence-corrected chi connectivity index (χ0v) is 13.8. The Kier molecular flexibility index (Phi) is 3.95. The molecule has 0 atom stereocenters. The molecule has 0 aromatic carbocycles. The first-order valence-electron chi connectivity index (χ1n) is 8.76. The Balaban J connectivity index is 1.51. The van der Waals surface area contributed by atoms with Gasteiger partial charge >= 0.3 is 0 Å². The van der Waals surface area contributed by atoms with E-state index >= 15 is 0 Å². The standard InChI is InChI=1S/C17H26N6/c1-12-10-23(17-15(12)16(18)20-11-21-17)14-4-2-13(3-5-14)22-8-6-19-7-9-22/h10-11,13-14,19H,2-9H2,1H3,(H2,18,20,21). The number of hydrogen-bond donors (Lipinski definition) is 2. The molecular weight excluding hydrogens is 288 g/mol. The van der Waals surface area contributed by atoms with Crippen LogP contribution in [-0.4, -0.2) is 51.7 Å². The Bertz CT molecular complexity index is 680. The van der Waals surface area contributed by atoms with Crippen LogP contribution in [0.2, 0.25) is 0 Å². The Morgan fingerprint density at radius 2 is 1.78 bits per heavy atom. The van der Waals surface area contributed by atoms with Gasteiger partial charge in [-0.3, -0.25) is 4.90 Å². The van der Waals surface area contributed by atoms with E-state index in [2.05, 4.69) is 37.9 Å². The van der Waals surface area contributed by atoms with Crippen molar-refractivity contribution in [2.75, 3.05) is 31.9 Å². The lowest BCUT2D eigenvalue weighted by atomic mass is 9.89. The molecule has 2 aromatic rings.